The molecule has 0 fully saturated rings. The molecular formula is C14H19NO3. The lowest BCUT2D eigenvalue weighted by atomic mass is 10.1. The van der Waals surface area contributed by atoms with Crippen LogP contribution in [-0.4, -0.2) is 11.9 Å². The standard InChI is InChI=1S/C14H19NO3/c1-10(2)4-9-14(17)18-13-7-5-12(6-8-13)15-11(3)16/h5-8,10H,4,9H2,1-3H3,(H,15,16). The van der Waals surface area contributed by atoms with Crippen molar-refractivity contribution in [3.63, 3.8) is 0 Å². The minimum atomic E-state index is -0.226. The van der Waals surface area contributed by atoms with Crippen LogP contribution >= 0.6 is 0 Å². The van der Waals surface area contributed by atoms with Crippen LogP contribution < -0.4 is 10.1 Å². The van der Waals surface area contributed by atoms with Gasteiger partial charge >= 0.3 is 5.97 Å². The molecule has 0 saturated carbocycles. The molecule has 0 aliphatic carbocycles. The zero-order chi connectivity index (χ0) is 13.5. The second kappa shape index (κ2) is 6.79. The average Bonchev–Trinajstić information content (AvgIpc) is 2.28. The van der Waals surface area contributed by atoms with Crippen LogP contribution in [0.1, 0.15) is 33.6 Å². The van der Waals surface area contributed by atoms with Gasteiger partial charge in [0.1, 0.15) is 5.75 Å². The van der Waals surface area contributed by atoms with Gasteiger partial charge < -0.3 is 10.1 Å². The molecule has 0 atom stereocenters. The summed E-state index contributed by atoms with van der Waals surface area (Å²) in [7, 11) is 0. The molecule has 0 aliphatic heterocycles. The molecule has 0 aliphatic rings. The Kier molecular flexibility index (Phi) is 5.36. The van der Waals surface area contributed by atoms with Crippen molar-refractivity contribution in [1.29, 1.82) is 0 Å². The number of rotatable bonds is 5. The molecule has 1 amide bonds. The van der Waals surface area contributed by atoms with Gasteiger partial charge in [-0.1, -0.05) is 13.8 Å². The highest BCUT2D eigenvalue weighted by atomic mass is 16.5. The van der Waals surface area contributed by atoms with Crippen LogP contribution in [0.3, 0.4) is 0 Å². The first-order valence-electron chi connectivity index (χ1n) is 6.05. The number of ether oxygens (including phenoxy) is 1. The van der Waals surface area contributed by atoms with Gasteiger partial charge in [-0.3, -0.25) is 9.59 Å². The molecule has 98 valence electrons. The third-order valence-electron chi connectivity index (χ3n) is 2.33. The maximum absolute atomic E-state index is 11.5. The Hall–Kier alpha value is -1.84. The first kappa shape index (κ1) is 14.2. The number of amides is 1. The molecule has 1 N–H and O–H groups in total. The van der Waals surface area contributed by atoms with Crippen molar-refractivity contribution in [3.8, 4) is 5.75 Å². The van der Waals surface area contributed by atoms with Crippen LogP contribution in [0.15, 0.2) is 24.3 Å². The van der Waals surface area contributed by atoms with E-state index in [9.17, 15) is 9.59 Å². The van der Waals surface area contributed by atoms with Crippen molar-refractivity contribution in [2.24, 2.45) is 5.92 Å². The number of carbonyl (C=O) groups excluding carboxylic acids is 2. The third-order valence-corrected chi connectivity index (χ3v) is 2.33. The summed E-state index contributed by atoms with van der Waals surface area (Å²) in [5.74, 6) is 0.630. The van der Waals surface area contributed by atoms with E-state index in [0.29, 0.717) is 23.8 Å². The van der Waals surface area contributed by atoms with Crippen LogP contribution in [0.25, 0.3) is 0 Å². The highest BCUT2D eigenvalue weighted by molar-refractivity contribution is 5.88. The lowest BCUT2D eigenvalue weighted by Crippen LogP contribution is -2.09. The van der Waals surface area contributed by atoms with Gasteiger partial charge in [0.15, 0.2) is 0 Å². The quantitative estimate of drug-likeness (QED) is 0.644. The number of hydrogen-bond donors (Lipinski definition) is 1. The predicted molar refractivity (Wildman–Crippen MR) is 70.5 cm³/mol. The molecule has 1 aromatic carbocycles. The van der Waals surface area contributed by atoms with Crippen molar-refractivity contribution in [1.82, 2.24) is 0 Å². The summed E-state index contributed by atoms with van der Waals surface area (Å²) in [6.07, 6.45) is 1.24. The first-order valence-corrected chi connectivity index (χ1v) is 6.05. The monoisotopic (exact) mass is 249 g/mol. The fourth-order valence-corrected chi connectivity index (χ4v) is 1.40. The largest absolute Gasteiger partial charge is 0.427 e. The van der Waals surface area contributed by atoms with Gasteiger partial charge in [0.25, 0.3) is 0 Å². The van der Waals surface area contributed by atoms with E-state index >= 15 is 0 Å². The molecule has 4 heteroatoms. The second-order valence-electron chi connectivity index (χ2n) is 4.61. The molecule has 1 rings (SSSR count). The fraction of sp³-hybridized carbons (Fsp3) is 0.429. The van der Waals surface area contributed by atoms with E-state index in [1.807, 2.05) is 0 Å². The van der Waals surface area contributed by atoms with Crippen LogP contribution in [0.4, 0.5) is 5.69 Å². The molecule has 0 unspecified atom stereocenters. The van der Waals surface area contributed by atoms with Crippen LogP contribution in [0.2, 0.25) is 0 Å². The SMILES string of the molecule is CC(=O)Nc1ccc(OC(=O)CCC(C)C)cc1. The lowest BCUT2D eigenvalue weighted by Gasteiger charge is -2.07. The third kappa shape index (κ3) is 5.48. The van der Waals surface area contributed by atoms with Crippen molar-refractivity contribution in [3.05, 3.63) is 24.3 Å². The Morgan fingerprint density at radius 1 is 1.22 bits per heavy atom. The molecule has 0 aromatic heterocycles. The summed E-state index contributed by atoms with van der Waals surface area (Å²) in [6.45, 7) is 5.57. The number of benzene rings is 1. The number of anilines is 1. The Balaban J connectivity index is 2.48. The van der Waals surface area contributed by atoms with Crippen molar-refractivity contribution < 1.29 is 14.3 Å². The number of esters is 1. The average molecular weight is 249 g/mol. The second-order valence-corrected chi connectivity index (χ2v) is 4.61. The number of nitrogens with one attached hydrogen (secondary N) is 1. The van der Waals surface area contributed by atoms with Crippen LogP contribution in [0.5, 0.6) is 5.75 Å². The van der Waals surface area contributed by atoms with Gasteiger partial charge in [0, 0.05) is 19.0 Å². The van der Waals surface area contributed by atoms with E-state index in [-0.39, 0.29) is 11.9 Å². The van der Waals surface area contributed by atoms with Gasteiger partial charge in [-0.15, -0.1) is 0 Å². The summed E-state index contributed by atoms with van der Waals surface area (Å²) in [5.41, 5.74) is 0.685. The van der Waals surface area contributed by atoms with Crippen LogP contribution in [0, 0.1) is 5.92 Å². The van der Waals surface area contributed by atoms with E-state index in [1.165, 1.54) is 6.92 Å². The van der Waals surface area contributed by atoms with Gasteiger partial charge in [-0.05, 0) is 36.6 Å². The van der Waals surface area contributed by atoms with Crippen molar-refractivity contribution in [2.75, 3.05) is 5.32 Å². The van der Waals surface area contributed by atoms with E-state index in [2.05, 4.69) is 19.2 Å². The molecule has 0 bridgehead atoms. The minimum absolute atomic E-state index is 0.128. The Morgan fingerprint density at radius 2 is 1.83 bits per heavy atom. The summed E-state index contributed by atoms with van der Waals surface area (Å²) < 4.78 is 5.17. The minimum Gasteiger partial charge on any atom is -0.427 e. The Bertz CT molecular complexity index is 410. The summed E-state index contributed by atoms with van der Waals surface area (Å²) in [4.78, 5) is 22.3. The summed E-state index contributed by atoms with van der Waals surface area (Å²) in [6, 6.07) is 6.73. The first-order chi connectivity index (χ1) is 8.47. The van der Waals surface area contributed by atoms with Gasteiger partial charge in [0.2, 0.25) is 5.91 Å². The lowest BCUT2D eigenvalue weighted by molar-refractivity contribution is -0.134. The van der Waals surface area contributed by atoms with Crippen molar-refractivity contribution in [2.45, 2.75) is 33.6 Å². The zero-order valence-electron chi connectivity index (χ0n) is 11.0. The molecule has 0 radical (unpaired) electrons. The molecule has 0 spiro atoms. The van der Waals surface area contributed by atoms with E-state index in [1.54, 1.807) is 24.3 Å². The van der Waals surface area contributed by atoms with Gasteiger partial charge in [0.05, 0.1) is 0 Å². The maximum Gasteiger partial charge on any atom is 0.311 e. The zero-order valence-corrected chi connectivity index (χ0v) is 11.0. The smallest absolute Gasteiger partial charge is 0.311 e. The molecule has 18 heavy (non-hydrogen) atoms. The number of carbonyl (C=O) groups is 2. The highest BCUT2D eigenvalue weighted by Gasteiger charge is 2.06. The van der Waals surface area contributed by atoms with E-state index in [4.69, 9.17) is 4.74 Å². The van der Waals surface area contributed by atoms with E-state index in [0.717, 1.165) is 6.42 Å². The molecule has 0 heterocycles. The predicted octanol–water partition coefficient (Wildman–Crippen LogP) is 2.99. The molecule has 4 nitrogen and oxygen atoms in total. The Labute approximate surface area is 107 Å². The molecule has 1 aromatic rings. The normalized spacial score (nSPS) is 10.2. The highest BCUT2D eigenvalue weighted by Crippen LogP contribution is 2.16. The Morgan fingerprint density at radius 3 is 2.33 bits per heavy atom. The van der Waals surface area contributed by atoms with Gasteiger partial charge in [-0.25, -0.2) is 0 Å². The van der Waals surface area contributed by atoms with Gasteiger partial charge in [-0.2, -0.15) is 0 Å². The summed E-state index contributed by atoms with van der Waals surface area (Å²) >= 11 is 0. The fourth-order valence-electron chi connectivity index (χ4n) is 1.40. The topological polar surface area (TPSA) is 55.4 Å². The molecular weight excluding hydrogens is 230 g/mol. The number of hydrogen-bond acceptors (Lipinski definition) is 3. The summed E-state index contributed by atoms with van der Waals surface area (Å²) in [5, 5.41) is 2.65. The molecule has 0 saturated heterocycles. The maximum atomic E-state index is 11.5. The van der Waals surface area contributed by atoms with Crippen LogP contribution in [-0.2, 0) is 9.59 Å². The van der Waals surface area contributed by atoms with Crippen molar-refractivity contribution >= 4 is 17.6 Å². The van der Waals surface area contributed by atoms with E-state index < -0.39 is 0 Å².